The van der Waals surface area contributed by atoms with Crippen LogP contribution >= 0.6 is 11.3 Å². The molecule has 0 saturated carbocycles. The van der Waals surface area contributed by atoms with Crippen LogP contribution in [0.2, 0.25) is 0 Å². The summed E-state index contributed by atoms with van der Waals surface area (Å²) < 4.78 is 43.9. The molecular weight excluding hydrogens is 568 g/mol. The van der Waals surface area contributed by atoms with E-state index in [2.05, 4.69) is 17.0 Å². The summed E-state index contributed by atoms with van der Waals surface area (Å²) in [7, 11) is -2.51. The Morgan fingerprint density at radius 3 is 2.51 bits per heavy atom. The second kappa shape index (κ2) is 12.7. The van der Waals surface area contributed by atoms with Crippen LogP contribution in [0.4, 0.5) is 10.7 Å². The number of hydrogen-bond acceptors (Lipinski definition) is 9. The Balaban J connectivity index is 1.46. The van der Waals surface area contributed by atoms with Crippen molar-refractivity contribution in [1.82, 2.24) is 0 Å². The van der Waals surface area contributed by atoms with Crippen LogP contribution in [0, 0.1) is 5.92 Å². The summed E-state index contributed by atoms with van der Waals surface area (Å²) in [5.74, 6) is -0.966. The normalized spacial score (nSPS) is 15.3. The van der Waals surface area contributed by atoms with Gasteiger partial charge in [0.2, 0.25) is 0 Å². The number of fused-ring (bicyclic) bond motifs is 1. The Morgan fingerprint density at radius 2 is 1.83 bits per heavy atom. The number of carbonyl (C=O) groups is 3. The molecule has 1 aliphatic carbocycles. The number of thiophene rings is 1. The second-order valence-corrected chi connectivity index (χ2v) is 12.5. The second-order valence-electron chi connectivity index (χ2n) is 9.67. The van der Waals surface area contributed by atoms with Crippen LogP contribution in [0.5, 0.6) is 5.75 Å². The molecule has 1 aliphatic rings. The monoisotopic (exact) mass is 600 g/mol. The number of esters is 2. The Labute approximate surface area is 243 Å². The van der Waals surface area contributed by atoms with Crippen LogP contribution < -0.4 is 14.8 Å². The number of amides is 1. The predicted molar refractivity (Wildman–Crippen MR) is 155 cm³/mol. The molecular formula is C29H32N2O8S2. The van der Waals surface area contributed by atoms with Gasteiger partial charge in [0.15, 0.2) is 6.10 Å². The van der Waals surface area contributed by atoms with Gasteiger partial charge in [-0.05, 0) is 87.1 Å². The molecule has 1 heterocycles. The highest BCUT2D eigenvalue weighted by Crippen LogP contribution is 2.40. The van der Waals surface area contributed by atoms with Gasteiger partial charge in [-0.25, -0.2) is 18.0 Å². The number of nitrogens with one attached hydrogen (secondary N) is 2. The fourth-order valence-electron chi connectivity index (χ4n) is 4.42. The Morgan fingerprint density at radius 1 is 1.10 bits per heavy atom. The topological polar surface area (TPSA) is 137 Å². The SMILES string of the molecule is CCOC(=O)c1c(NC(=O)[C@@H](C)OC(=O)c2cccc(S(=O)(=O)Nc3ccc(OC)cc3)c2)sc2c1CC[C@@H](C)C2. The Kier molecular flexibility index (Phi) is 9.34. The fourth-order valence-corrected chi connectivity index (χ4v) is 6.92. The molecule has 2 atom stereocenters. The number of sulfonamides is 1. The molecule has 1 amide bonds. The number of rotatable bonds is 10. The Hall–Kier alpha value is -3.90. The van der Waals surface area contributed by atoms with E-state index in [1.54, 1.807) is 31.2 Å². The summed E-state index contributed by atoms with van der Waals surface area (Å²) in [6.45, 7) is 5.46. The van der Waals surface area contributed by atoms with Gasteiger partial charge in [-0.3, -0.25) is 9.52 Å². The number of anilines is 2. The van der Waals surface area contributed by atoms with Crippen LogP contribution in [0.15, 0.2) is 53.4 Å². The first-order valence-corrected chi connectivity index (χ1v) is 15.4. The average Bonchev–Trinajstić information content (AvgIpc) is 3.30. The van der Waals surface area contributed by atoms with Crippen molar-refractivity contribution >= 4 is 49.9 Å². The van der Waals surface area contributed by atoms with Gasteiger partial charge in [-0.15, -0.1) is 11.3 Å². The largest absolute Gasteiger partial charge is 0.497 e. The summed E-state index contributed by atoms with van der Waals surface area (Å²) in [6, 6.07) is 11.6. The van der Waals surface area contributed by atoms with Gasteiger partial charge in [-0.1, -0.05) is 13.0 Å². The first kappa shape index (κ1) is 30.1. The molecule has 3 aromatic rings. The number of methoxy groups -OCH3 is 1. The first-order valence-electron chi connectivity index (χ1n) is 13.1. The van der Waals surface area contributed by atoms with Gasteiger partial charge in [-0.2, -0.15) is 0 Å². The van der Waals surface area contributed by atoms with E-state index in [9.17, 15) is 22.8 Å². The van der Waals surface area contributed by atoms with Crippen molar-refractivity contribution in [3.63, 3.8) is 0 Å². The molecule has 4 rings (SSSR count). The molecule has 0 fully saturated rings. The van der Waals surface area contributed by atoms with E-state index in [1.807, 2.05) is 0 Å². The number of benzene rings is 2. The number of ether oxygens (including phenoxy) is 3. The number of carbonyl (C=O) groups excluding carboxylic acids is 3. The smallest absolute Gasteiger partial charge is 0.341 e. The highest BCUT2D eigenvalue weighted by molar-refractivity contribution is 7.92. The van der Waals surface area contributed by atoms with Crippen molar-refractivity contribution < 1.29 is 37.0 Å². The molecule has 2 aromatic carbocycles. The van der Waals surface area contributed by atoms with E-state index in [4.69, 9.17) is 14.2 Å². The first-order chi connectivity index (χ1) is 19.5. The van der Waals surface area contributed by atoms with Gasteiger partial charge in [0.05, 0.1) is 29.7 Å². The van der Waals surface area contributed by atoms with Gasteiger partial charge in [0.25, 0.3) is 15.9 Å². The molecule has 10 nitrogen and oxygen atoms in total. The van der Waals surface area contributed by atoms with Gasteiger partial charge in [0, 0.05) is 10.6 Å². The maximum absolute atomic E-state index is 13.0. The van der Waals surface area contributed by atoms with E-state index < -0.39 is 34.0 Å². The van der Waals surface area contributed by atoms with E-state index in [1.165, 1.54) is 49.6 Å². The van der Waals surface area contributed by atoms with E-state index in [-0.39, 0.29) is 17.1 Å². The molecule has 0 spiro atoms. The maximum atomic E-state index is 13.0. The summed E-state index contributed by atoms with van der Waals surface area (Å²) in [4.78, 5) is 39.5. The standard InChI is InChI=1S/C29H32N2O8S2/c1-5-38-29(34)25-23-14-9-17(2)15-24(23)40-27(25)30-26(32)18(3)39-28(33)19-7-6-8-22(16-19)41(35,36)31-20-10-12-21(37-4)13-11-20/h6-8,10-13,16-18,31H,5,9,14-15H2,1-4H3,(H,30,32)/t17-,18-/m1/s1. The highest BCUT2D eigenvalue weighted by atomic mass is 32.2. The third-order valence-electron chi connectivity index (χ3n) is 6.60. The van der Waals surface area contributed by atoms with E-state index in [0.717, 1.165) is 23.3 Å². The molecule has 218 valence electrons. The lowest BCUT2D eigenvalue weighted by Gasteiger charge is -2.18. The molecule has 1 aromatic heterocycles. The zero-order valence-electron chi connectivity index (χ0n) is 23.2. The van der Waals surface area contributed by atoms with Crippen LogP contribution in [-0.4, -0.2) is 46.1 Å². The summed E-state index contributed by atoms with van der Waals surface area (Å²) in [5.41, 5.74) is 1.52. The molecule has 12 heteroatoms. The van der Waals surface area contributed by atoms with Crippen molar-refractivity contribution in [2.75, 3.05) is 23.8 Å². The van der Waals surface area contributed by atoms with Crippen LogP contribution in [0.1, 0.15) is 58.3 Å². The van der Waals surface area contributed by atoms with Gasteiger partial charge < -0.3 is 19.5 Å². The van der Waals surface area contributed by atoms with Gasteiger partial charge in [0.1, 0.15) is 10.8 Å². The fraction of sp³-hybridized carbons (Fsp3) is 0.345. The van der Waals surface area contributed by atoms with Crippen molar-refractivity contribution in [1.29, 1.82) is 0 Å². The van der Waals surface area contributed by atoms with Crippen LogP contribution in [0.3, 0.4) is 0 Å². The minimum atomic E-state index is -4.02. The third kappa shape index (κ3) is 7.06. The van der Waals surface area contributed by atoms with Crippen molar-refractivity contribution in [2.45, 2.75) is 51.0 Å². The van der Waals surface area contributed by atoms with Crippen molar-refractivity contribution in [3.8, 4) is 5.75 Å². The predicted octanol–water partition coefficient (Wildman–Crippen LogP) is 5.04. The molecule has 0 unspecified atom stereocenters. The zero-order chi connectivity index (χ0) is 29.7. The zero-order valence-corrected chi connectivity index (χ0v) is 24.8. The molecule has 0 aliphatic heterocycles. The van der Waals surface area contributed by atoms with Crippen molar-refractivity contribution in [3.05, 3.63) is 70.1 Å². The summed E-state index contributed by atoms with van der Waals surface area (Å²) in [6.07, 6.45) is 1.23. The maximum Gasteiger partial charge on any atom is 0.341 e. The molecule has 0 radical (unpaired) electrons. The molecule has 41 heavy (non-hydrogen) atoms. The van der Waals surface area contributed by atoms with E-state index in [0.29, 0.717) is 34.3 Å². The molecule has 2 N–H and O–H groups in total. The van der Waals surface area contributed by atoms with Crippen molar-refractivity contribution in [2.24, 2.45) is 5.92 Å². The average molecular weight is 601 g/mol. The molecule has 0 saturated heterocycles. The highest BCUT2D eigenvalue weighted by Gasteiger charge is 2.30. The molecule has 0 bridgehead atoms. The lowest BCUT2D eigenvalue weighted by molar-refractivity contribution is -0.123. The Bertz CT molecular complexity index is 1550. The van der Waals surface area contributed by atoms with Crippen LogP contribution in [0.25, 0.3) is 0 Å². The summed E-state index contributed by atoms with van der Waals surface area (Å²) in [5, 5.41) is 3.10. The minimum absolute atomic E-state index is 0.0463. The van der Waals surface area contributed by atoms with E-state index >= 15 is 0 Å². The van der Waals surface area contributed by atoms with Gasteiger partial charge >= 0.3 is 11.9 Å². The minimum Gasteiger partial charge on any atom is -0.497 e. The third-order valence-corrected chi connectivity index (χ3v) is 9.15. The lowest BCUT2D eigenvalue weighted by atomic mass is 9.88. The summed E-state index contributed by atoms with van der Waals surface area (Å²) >= 11 is 1.33. The quantitative estimate of drug-likeness (QED) is 0.309. The lowest BCUT2D eigenvalue weighted by Crippen LogP contribution is -2.30. The van der Waals surface area contributed by atoms with Crippen LogP contribution in [-0.2, 0) is 37.1 Å². The number of hydrogen-bond donors (Lipinski definition) is 2.